The number of methoxy groups -OCH3 is 1. The lowest BCUT2D eigenvalue weighted by Gasteiger charge is -1.96. The van der Waals surface area contributed by atoms with Gasteiger partial charge in [-0.2, -0.15) is 5.26 Å². The fourth-order valence-electron chi connectivity index (χ4n) is 0.717. The van der Waals surface area contributed by atoms with Gasteiger partial charge in [0.1, 0.15) is 18.4 Å². The average molecular weight is 147 g/mol. The summed E-state index contributed by atoms with van der Waals surface area (Å²) < 4.78 is 4.77. The molecule has 0 bridgehead atoms. The molecule has 0 aliphatic carbocycles. The van der Waals surface area contributed by atoms with E-state index in [0.29, 0.717) is 5.69 Å². The molecule has 1 aromatic rings. The van der Waals surface area contributed by atoms with Crippen molar-refractivity contribution in [3.63, 3.8) is 0 Å². The Balaban J connectivity index is 2.85. The molecular weight excluding hydrogens is 140 g/mol. The van der Waals surface area contributed by atoms with Gasteiger partial charge in [0.15, 0.2) is 0 Å². The highest BCUT2D eigenvalue weighted by Gasteiger charge is 1.94. The molecule has 0 unspecified atom stereocenters. The van der Waals surface area contributed by atoms with Gasteiger partial charge in [0.25, 0.3) is 0 Å². The summed E-state index contributed by atoms with van der Waals surface area (Å²) in [7, 11) is 1.56. The lowest BCUT2D eigenvalue weighted by atomic mass is 10.2. The molecule has 1 aromatic heterocycles. The zero-order chi connectivity index (χ0) is 8.10. The summed E-state index contributed by atoms with van der Waals surface area (Å²) >= 11 is 0. The third kappa shape index (κ3) is 2.03. The van der Waals surface area contributed by atoms with Crippen LogP contribution in [0, 0.1) is 17.9 Å². The first-order chi connectivity index (χ1) is 5.36. The van der Waals surface area contributed by atoms with Crippen molar-refractivity contribution in [2.24, 2.45) is 0 Å². The Morgan fingerprint density at radius 2 is 2.55 bits per heavy atom. The third-order valence-electron chi connectivity index (χ3n) is 1.15. The molecule has 11 heavy (non-hydrogen) atoms. The highest BCUT2D eigenvalue weighted by atomic mass is 16.5. The molecule has 0 saturated carbocycles. The molecule has 0 atom stereocenters. The zero-order valence-electron chi connectivity index (χ0n) is 6.11. The molecule has 0 aromatic carbocycles. The first kappa shape index (κ1) is 7.70. The normalized spacial score (nSPS) is 9.09. The molecule has 0 spiro atoms. The van der Waals surface area contributed by atoms with E-state index < -0.39 is 0 Å². The number of pyridine rings is 1. The minimum absolute atomic E-state index is 0.399. The maximum absolute atomic E-state index is 8.46. The molecule has 0 fully saturated rings. The second-order valence-corrected chi connectivity index (χ2v) is 1.94. The molecule has 1 radical (unpaired) electrons. The van der Waals surface area contributed by atoms with E-state index in [-0.39, 0.29) is 0 Å². The van der Waals surface area contributed by atoms with E-state index in [1.54, 1.807) is 32.0 Å². The van der Waals surface area contributed by atoms with Crippen molar-refractivity contribution in [3.05, 3.63) is 36.2 Å². The second kappa shape index (κ2) is 3.69. The summed E-state index contributed by atoms with van der Waals surface area (Å²) in [4.78, 5) is 3.80. The van der Waals surface area contributed by atoms with Crippen molar-refractivity contribution < 1.29 is 4.74 Å². The first-order valence-corrected chi connectivity index (χ1v) is 3.09. The number of hydrogen-bond donors (Lipinski definition) is 0. The van der Waals surface area contributed by atoms with Crippen molar-refractivity contribution in [3.8, 4) is 6.07 Å². The molecule has 55 valence electrons. The van der Waals surface area contributed by atoms with Crippen LogP contribution < -0.4 is 0 Å². The molecule has 0 aliphatic rings. The van der Waals surface area contributed by atoms with E-state index in [1.165, 1.54) is 0 Å². The summed E-state index contributed by atoms with van der Waals surface area (Å²) in [5.74, 6) is 0. The maximum atomic E-state index is 8.46. The Hall–Kier alpha value is -1.40. The van der Waals surface area contributed by atoms with Gasteiger partial charge in [-0.15, -0.1) is 0 Å². The molecule has 3 nitrogen and oxygen atoms in total. The lowest BCUT2D eigenvalue weighted by molar-refractivity contribution is 0.292. The van der Waals surface area contributed by atoms with Gasteiger partial charge in [0.2, 0.25) is 0 Å². The molecular formula is C8H7N2O. The van der Waals surface area contributed by atoms with Crippen molar-refractivity contribution in [1.29, 1.82) is 5.26 Å². The van der Waals surface area contributed by atoms with Crippen LogP contribution in [0.3, 0.4) is 0 Å². The first-order valence-electron chi connectivity index (χ1n) is 3.09. The van der Waals surface area contributed by atoms with Crippen molar-refractivity contribution in [2.45, 2.75) is 0 Å². The summed E-state index contributed by atoms with van der Waals surface area (Å²) in [6.07, 6.45) is 1.57. The SMILES string of the molecule is CO[CH]c1ccnc(C#N)c1. The van der Waals surface area contributed by atoms with E-state index >= 15 is 0 Å². The van der Waals surface area contributed by atoms with Crippen LogP contribution in [0.2, 0.25) is 0 Å². The lowest BCUT2D eigenvalue weighted by Crippen LogP contribution is -1.87. The Morgan fingerprint density at radius 1 is 1.73 bits per heavy atom. The van der Waals surface area contributed by atoms with Gasteiger partial charge in [-0.3, -0.25) is 0 Å². The quantitative estimate of drug-likeness (QED) is 0.629. The van der Waals surface area contributed by atoms with Crippen LogP contribution in [0.1, 0.15) is 11.3 Å². The Labute approximate surface area is 65.3 Å². The summed E-state index contributed by atoms with van der Waals surface area (Å²) in [6.45, 7) is 1.56. The number of ether oxygens (including phenoxy) is 1. The summed E-state index contributed by atoms with van der Waals surface area (Å²) in [6, 6.07) is 5.36. The van der Waals surface area contributed by atoms with E-state index in [9.17, 15) is 0 Å². The molecule has 1 rings (SSSR count). The topological polar surface area (TPSA) is 45.9 Å². The van der Waals surface area contributed by atoms with E-state index in [1.807, 2.05) is 6.07 Å². The molecule has 0 amide bonds. The van der Waals surface area contributed by atoms with Gasteiger partial charge in [-0.25, -0.2) is 4.98 Å². The van der Waals surface area contributed by atoms with Crippen molar-refractivity contribution in [2.75, 3.05) is 7.11 Å². The minimum Gasteiger partial charge on any atom is -0.374 e. The standard InChI is InChI=1S/C8H7N2O/c1-11-6-7-2-3-10-8(4-7)5-9/h2-4,6H,1H3. The minimum atomic E-state index is 0.399. The largest absolute Gasteiger partial charge is 0.374 e. The van der Waals surface area contributed by atoms with Gasteiger partial charge in [-0.1, -0.05) is 0 Å². The van der Waals surface area contributed by atoms with Gasteiger partial charge >= 0.3 is 0 Å². The predicted molar refractivity (Wildman–Crippen MR) is 39.4 cm³/mol. The predicted octanol–water partition coefficient (Wildman–Crippen LogP) is 1.11. The maximum Gasteiger partial charge on any atom is 0.140 e. The number of hydrogen-bond acceptors (Lipinski definition) is 3. The van der Waals surface area contributed by atoms with Gasteiger partial charge < -0.3 is 4.74 Å². The number of nitrogens with zero attached hydrogens (tertiary/aromatic N) is 2. The van der Waals surface area contributed by atoms with E-state index in [4.69, 9.17) is 10.00 Å². The highest BCUT2D eigenvalue weighted by Crippen LogP contribution is 2.03. The van der Waals surface area contributed by atoms with Crippen LogP contribution in [0.25, 0.3) is 0 Å². The smallest absolute Gasteiger partial charge is 0.140 e. The third-order valence-corrected chi connectivity index (χ3v) is 1.15. The molecule has 0 saturated heterocycles. The molecule has 1 heterocycles. The van der Waals surface area contributed by atoms with Gasteiger partial charge in [0, 0.05) is 13.3 Å². The van der Waals surface area contributed by atoms with Crippen LogP contribution in [0.15, 0.2) is 18.3 Å². The van der Waals surface area contributed by atoms with Crippen LogP contribution in [-0.2, 0) is 4.74 Å². The Kier molecular flexibility index (Phi) is 2.59. The molecule has 0 aliphatic heterocycles. The molecule has 0 N–H and O–H groups in total. The average Bonchev–Trinajstić information content (AvgIpc) is 2.06. The van der Waals surface area contributed by atoms with Crippen molar-refractivity contribution >= 4 is 0 Å². The second-order valence-electron chi connectivity index (χ2n) is 1.94. The van der Waals surface area contributed by atoms with Crippen LogP contribution >= 0.6 is 0 Å². The number of aromatic nitrogens is 1. The van der Waals surface area contributed by atoms with Crippen LogP contribution in [0.5, 0.6) is 0 Å². The summed E-state index contributed by atoms with van der Waals surface area (Å²) in [5, 5.41) is 8.46. The Morgan fingerprint density at radius 3 is 3.18 bits per heavy atom. The van der Waals surface area contributed by atoms with Gasteiger partial charge in [-0.05, 0) is 17.7 Å². The van der Waals surface area contributed by atoms with Crippen LogP contribution in [0.4, 0.5) is 0 Å². The van der Waals surface area contributed by atoms with Gasteiger partial charge in [0.05, 0.1) is 0 Å². The number of rotatable bonds is 2. The molecule has 3 heteroatoms. The monoisotopic (exact) mass is 147 g/mol. The highest BCUT2D eigenvalue weighted by molar-refractivity contribution is 5.28. The fourth-order valence-corrected chi connectivity index (χ4v) is 0.717. The Bertz CT molecular complexity index is 278. The van der Waals surface area contributed by atoms with E-state index in [0.717, 1.165) is 5.56 Å². The van der Waals surface area contributed by atoms with Crippen molar-refractivity contribution in [1.82, 2.24) is 4.98 Å². The van der Waals surface area contributed by atoms with E-state index in [2.05, 4.69) is 4.98 Å². The fraction of sp³-hybridized carbons (Fsp3) is 0.125. The van der Waals surface area contributed by atoms with Crippen LogP contribution in [-0.4, -0.2) is 12.1 Å². The zero-order valence-corrected chi connectivity index (χ0v) is 6.11. The number of nitriles is 1. The summed E-state index contributed by atoms with van der Waals surface area (Å²) in [5.41, 5.74) is 1.25.